The highest BCUT2D eigenvalue weighted by Gasteiger charge is 2.37. The number of nitro benzene ring substituents is 1. The third-order valence-electron chi connectivity index (χ3n) is 3.82. The molecule has 1 aromatic rings. The normalized spacial score (nSPS) is 16.8. The lowest BCUT2D eigenvalue weighted by atomic mass is 9.78. The van der Waals surface area contributed by atoms with Crippen LogP contribution in [0, 0.1) is 10.1 Å². The summed E-state index contributed by atoms with van der Waals surface area (Å²) in [7, 11) is 0. The topological polar surface area (TPSA) is 81.5 Å². The van der Waals surface area contributed by atoms with Gasteiger partial charge in [-0.1, -0.05) is 12.8 Å². The smallest absolute Gasteiger partial charge is 0.271 e. The molecule has 1 aliphatic carbocycles. The number of nitrogens with two attached hydrogens (primary N) is 1. The molecule has 5 nitrogen and oxygen atoms in total. The number of nitrogens with zero attached hydrogens (tertiary/aromatic N) is 2. The van der Waals surface area contributed by atoms with Crippen molar-refractivity contribution in [3.05, 3.63) is 33.9 Å². The molecule has 1 aromatic carbocycles. The molecule has 0 bridgehead atoms. The van der Waals surface area contributed by atoms with Gasteiger partial charge in [-0.15, -0.1) is 0 Å². The standard InChI is InChI=1S/C13H15N3O2S/c14-12-7-10(16(17)18)3-4-11(12)13(8-15-9-19)5-1-2-6-13/h3-4,7H,1-2,5-6,8,14H2. The number of hydrogen-bond acceptors (Lipinski definition) is 5. The largest absolute Gasteiger partial charge is 0.398 e. The van der Waals surface area contributed by atoms with Gasteiger partial charge in [-0.25, -0.2) is 4.99 Å². The van der Waals surface area contributed by atoms with E-state index in [1.54, 1.807) is 6.07 Å². The molecule has 0 unspecified atom stereocenters. The van der Waals surface area contributed by atoms with E-state index >= 15 is 0 Å². The summed E-state index contributed by atoms with van der Waals surface area (Å²) >= 11 is 4.64. The van der Waals surface area contributed by atoms with Crippen molar-refractivity contribution in [1.29, 1.82) is 0 Å². The summed E-state index contributed by atoms with van der Waals surface area (Å²) in [6.07, 6.45) is 4.19. The van der Waals surface area contributed by atoms with E-state index in [0.29, 0.717) is 12.2 Å². The molecule has 0 spiro atoms. The average Bonchev–Trinajstić information content (AvgIpc) is 2.86. The van der Waals surface area contributed by atoms with Crippen LogP contribution in [0.5, 0.6) is 0 Å². The lowest BCUT2D eigenvalue weighted by molar-refractivity contribution is -0.384. The molecule has 2 rings (SSSR count). The highest BCUT2D eigenvalue weighted by molar-refractivity contribution is 7.78. The molecule has 0 amide bonds. The van der Waals surface area contributed by atoms with Gasteiger partial charge in [0, 0.05) is 23.2 Å². The molecule has 19 heavy (non-hydrogen) atoms. The molecular weight excluding hydrogens is 262 g/mol. The van der Waals surface area contributed by atoms with Crippen LogP contribution in [0.3, 0.4) is 0 Å². The van der Waals surface area contributed by atoms with E-state index in [-0.39, 0.29) is 11.1 Å². The number of anilines is 1. The maximum atomic E-state index is 10.7. The van der Waals surface area contributed by atoms with E-state index in [2.05, 4.69) is 22.4 Å². The van der Waals surface area contributed by atoms with Crippen molar-refractivity contribution in [3.8, 4) is 0 Å². The van der Waals surface area contributed by atoms with Gasteiger partial charge in [0.05, 0.1) is 16.6 Å². The van der Waals surface area contributed by atoms with Crippen LogP contribution in [0.2, 0.25) is 0 Å². The van der Waals surface area contributed by atoms with Crippen LogP contribution in [-0.4, -0.2) is 16.6 Å². The number of isothiocyanates is 1. The summed E-state index contributed by atoms with van der Waals surface area (Å²) < 4.78 is 0. The van der Waals surface area contributed by atoms with Crippen molar-refractivity contribution in [2.45, 2.75) is 31.1 Å². The van der Waals surface area contributed by atoms with Crippen LogP contribution < -0.4 is 5.73 Å². The number of hydrogen-bond donors (Lipinski definition) is 1. The van der Waals surface area contributed by atoms with Gasteiger partial charge < -0.3 is 5.73 Å². The molecule has 6 heteroatoms. The minimum Gasteiger partial charge on any atom is -0.398 e. The van der Waals surface area contributed by atoms with Crippen LogP contribution in [-0.2, 0) is 5.41 Å². The Morgan fingerprint density at radius 1 is 1.47 bits per heavy atom. The van der Waals surface area contributed by atoms with Crippen molar-refractivity contribution in [2.24, 2.45) is 4.99 Å². The highest BCUT2D eigenvalue weighted by atomic mass is 32.1. The zero-order valence-electron chi connectivity index (χ0n) is 10.5. The maximum Gasteiger partial charge on any atom is 0.271 e. The van der Waals surface area contributed by atoms with Crippen molar-refractivity contribution < 1.29 is 4.92 Å². The first-order chi connectivity index (χ1) is 9.09. The van der Waals surface area contributed by atoms with E-state index in [1.165, 1.54) is 12.1 Å². The number of benzene rings is 1. The van der Waals surface area contributed by atoms with Crippen LogP contribution in [0.15, 0.2) is 23.2 Å². The maximum absolute atomic E-state index is 10.7. The second-order valence-corrected chi connectivity index (χ2v) is 5.11. The monoisotopic (exact) mass is 277 g/mol. The fraction of sp³-hybridized carbons (Fsp3) is 0.462. The van der Waals surface area contributed by atoms with Crippen LogP contribution >= 0.6 is 12.2 Å². The fourth-order valence-corrected chi connectivity index (χ4v) is 2.96. The van der Waals surface area contributed by atoms with E-state index < -0.39 is 4.92 Å². The molecule has 1 fully saturated rings. The Balaban J connectivity index is 2.42. The van der Waals surface area contributed by atoms with Gasteiger partial charge >= 0.3 is 0 Å². The van der Waals surface area contributed by atoms with Gasteiger partial charge in [-0.05, 0) is 36.7 Å². The Hall–Kier alpha value is -1.78. The number of rotatable bonds is 4. The highest BCUT2D eigenvalue weighted by Crippen LogP contribution is 2.44. The van der Waals surface area contributed by atoms with Crippen molar-refractivity contribution in [2.75, 3.05) is 12.3 Å². The number of thiocarbonyl (C=S) groups is 1. The molecular formula is C13H15N3O2S. The predicted molar refractivity (Wildman–Crippen MR) is 77.5 cm³/mol. The summed E-state index contributed by atoms with van der Waals surface area (Å²) in [6.45, 7) is 0.554. The molecule has 2 N–H and O–H groups in total. The van der Waals surface area contributed by atoms with Crippen molar-refractivity contribution >= 4 is 28.8 Å². The van der Waals surface area contributed by atoms with Gasteiger partial charge in [-0.3, -0.25) is 10.1 Å². The number of aliphatic imine (C=N–C) groups is 1. The lowest BCUT2D eigenvalue weighted by Gasteiger charge is -2.28. The van der Waals surface area contributed by atoms with Gasteiger partial charge in [0.2, 0.25) is 0 Å². The summed E-state index contributed by atoms with van der Waals surface area (Å²) in [5.74, 6) is 0. The summed E-state index contributed by atoms with van der Waals surface area (Å²) in [6, 6.07) is 4.70. The quantitative estimate of drug-likeness (QED) is 0.301. The van der Waals surface area contributed by atoms with E-state index in [9.17, 15) is 10.1 Å². The van der Waals surface area contributed by atoms with E-state index in [1.807, 2.05) is 0 Å². The molecule has 1 saturated carbocycles. The molecule has 0 aromatic heterocycles. The molecule has 0 saturated heterocycles. The second-order valence-electron chi connectivity index (χ2n) is 4.92. The number of nitrogen functional groups attached to an aromatic ring is 1. The zero-order chi connectivity index (χ0) is 13.9. The average molecular weight is 277 g/mol. The number of nitro groups is 1. The molecule has 0 atom stereocenters. The first kappa shape index (κ1) is 13.6. The second kappa shape index (κ2) is 5.47. The minimum absolute atomic E-state index is 0.0210. The van der Waals surface area contributed by atoms with Crippen LogP contribution in [0.4, 0.5) is 11.4 Å². The Morgan fingerprint density at radius 2 is 2.16 bits per heavy atom. The Labute approximate surface area is 116 Å². The Bertz CT molecular complexity index is 547. The molecule has 100 valence electrons. The first-order valence-electron chi connectivity index (χ1n) is 6.17. The van der Waals surface area contributed by atoms with Crippen LogP contribution in [0.25, 0.3) is 0 Å². The molecule has 0 heterocycles. The van der Waals surface area contributed by atoms with Crippen LogP contribution in [0.1, 0.15) is 31.2 Å². The fourth-order valence-electron chi connectivity index (χ4n) is 2.89. The minimum atomic E-state index is -0.434. The summed E-state index contributed by atoms with van der Waals surface area (Å²) in [5, 5.41) is 13.1. The predicted octanol–water partition coefficient (Wildman–Crippen LogP) is 3.09. The number of non-ortho nitro benzene ring substituents is 1. The Morgan fingerprint density at radius 3 is 2.68 bits per heavy atom. The van der Waals surface area contributed by atoms with Gasteiger partial charge in [-0.2, -0.15) is 0 Å². The summed E-state index contributed by atoms with van der Waals surface area (Å²) in [4.78, 5) is 14.4. The lowest BCUT2D eigenvalue weighted by Crippen LogP contribution is -2.27. The molecule has 0 aliphatic heterocycles. The van der Waals surface area contributed by atoms with Crippen molar-refractivity contribution in [1.82, 2.24) is 0 Å². The van der Waals surface area contributed by atoms with Gasteiger partial charge in [0.15, 0.2) is 0 Å². The molecule has 1 aliphatic rings. The van der Waals surface area contributed by atoms with Crippen molar-refractivity contribution in [3.63, 3.8) is 0 Å². The third-order valence-corrected chi connectivity index (χ3v) is 3.95. The van der Waals surface area contributed by atoms with E-state index in [0.717, 1.165) is 31.2 Å². The van der Waals surface area contributed by atoms with Gasteiger partial charge in [0.25, 0.3) is 5.69 Å². The Kier molecular flexibility index (Phi) is 3.93. The van der Waals surface area contributed by atoms with E-state index in [4.69, 9.17) is 5.73 Å². The molecule has 0 radical (unpaired) electrons. The van der Waals surface area contributed by atoms with Gasteiger partial charge in [0.1, 0.15) is 0 Å². The third kappa shape index (κ3) is 2.64. The zero-order valence-corrected chi connectivity index (χ0v) is 11.3. The SMILES string of the molecule is Nc1cc([N+](=O)[O-])ccc1C1(CN=C=S)CCCC1. The summed E-state index contributed by atoms with van der Waals surface area (Å²) in [5.41, 5.74) is 7.31. The first-order valence-corrected chi connectivity index (χ1v) is 6.58.